The molecule has 0 saturated carbocycles. The molecule has 2 aliphatic rings. The maximum absolute atomic E-state index is 12.8. The molecular formula is C16H18F6N3OPo. The minimum atomic E-state index is -5.08. The Morgan fingerprint density at radius 1 is 1.15 bits per heavy atom. The van der Waals surface area contributed by atoms with Crippen molar-refractivity contribution in [2.75, 3.05) is 13.2 Å². The average Bonchev–Trinajstić information content (AvgIpc) is 3.13. The second kappa shape index (κ2) is 7.62. The molecule has 0 N–H and O–H groups in total. The van der Waals surface area contributed by atoms with E-state index in [0.717, 1.165) is 36.3 Å². The Bertz CT molecular complexity index is 651. The van der Waals surface area contributed by atoms with Crippen LogP contribution in [0.3, 0.4) is 0 Å². The van der Waals surface area contributed by atoms with Gasteiger partial charge >= 0.3 is 168 Å². The van der Waals surface area contributed by atoms with Crippen LogP contribution in [0, 0.1) is 0 Å². The molecule has 0 bridgehead atoms. The van der Waals surface area contributed by atoms with Crippen molar-refractivity contribution in [1.29, 1.82) is 0 Å². The van der Waals surface area contributed by atoms with Crippen LogP contribution >= 0.6 is 0 Å². The van der Waals surface area contributed by atoms with Crippen LogP contribution in [0.5, 0.6) is 5.88 Å². The van der Waals surface area contributed by atoms with E-state index in [4.69, 9.17) is 4.74 Å². The van der Waals surface area contributed by atoms with Gasteiger partial charge in [-0.3, -0.25) is 0 Å². The zero-order chi connectivity index (χ0) is 19.9. The summed E-state index contributed by atoms with van der Waals surface area (Å²) in [5.41, 5.74) is -1.42. The molecule has 1 aromatic rings. The second-order valence-electron chi connectivity index (χ2n) is 6.91. The van der Waals surface area contributed by atoms with Crippen LogP contribution in [0.1, 0.15) is 43.6 Å². The first-order valence-corrected chi connectivity index (χ1v) is 10.8. The van der Waals surface area contributed by atoms with Gasteiger partial charge in [-0.2, -0.15) is 0 Å². The molecule has 11 heteroatoms. The first kappa shape index (κ1) is 21.0. The van der Waals surface area contributed by atoms with Crippen molar-refractivity contribution >= 4 is 25.1 Å². The Morgan fingerprint density at radius 2 is 1.89 bits per heavy atom. The quantitative estimate of drug-likeness (QED) is 0.488. The molecule has 1 radical (unpaired) electrons. The van der Waals surface area contributed by atoms with Gasteiger partial charge in [0.05, 0.1) is 0 Å². The Hall–Kier alpha value is -0.684. The zero-order valence-electron chi connectivity index (χ0n) is 14.2. The summed E-state index contributed by atoms with van der Waals surface area (Å²) >= 11 is 1.52. The second-order valence-corrected chi connectivity index (χ2v) is 8.03. The van der Waals surface area contributed by atoms with Crippen molar-refractivity contribution < 1.29 is 31.1 Å². The third-order valence-electron chi connectivity index (χ3n) is 5.25. The number of nitrogens with zero attached hydrogens (tertiary/aromatic N) is 3. The summed E-state index contributed by atoms with van der Waals surface area (Å²) in [6.45, 7) is 1.00. The molecule has 2 aliphatic heterocycles. The molecular weight excluding hydrogens is 573 g/mol. The molecule has 0 amide bonds. The van der Waals surface area contributed by atoms with Gasteiger partial charge in [-0.15, -0.1) is 0 Å². The van der Waals surface area contributed by atoms with E-state index in [9.17, 15) is 26.3 Å². The van der Waals surface area contributed by atoms with E-state index >= 15 is 0 Å². The molecule has 3 heterocycles. The van der Waals surface area contributed by atoms with Gasteiger partial charge in [-0.1, -0.05) is 0 Å². The Balaban J connectivity index is 1.67. The van der Waals surface area contributed by atoms with E-state index < -0.39 is 29.8 Å². The first-order chi connectivity index (χ1) is 12.5. The summed E-state index contributed by atoms with van der Waals surface area (Å²) < 4.78 is 83.1. The van der Waals surface area contributed by atoms with E-state index in [1.54, 1.807) is 0 Å². The predicted molar refractivity (Wildman–Crippen MR) is 84.4 cm³/mol. The van der Waals surface area contributed by atoms with Crippen LogP contribution in [0.4, 0.5) is 26.3 Å². The number of rotatable bonds is 5. The van der Waals surface area contributed by atoms with Crippen LogP contribution in [-0.2, 0) is 12.4 Å². The van der Waals surface area contributed by atoms with Crippen LogP contribution in [0.2, 0.25) is 4.08 Å². The van der Waals surface area contributed by atoms with Crippen LogP contribution in [0.15, 0.2) is 6.07 Å². The maximum atomic E-state index is 12.8. The van der Waals surface area contributed by atoms with Crippen molar-refractivity contribution in [3.63, 3.8) is 0 Å². The predicted octanol–water partition coefficient (Wildman–Crippen LogP) is 3.87. The number of aromatic nitrogens is 2. The standard InChI is InChI=1S/C16H18F6N3O.Po/c1-14-5-2-7-25(14)10(3-6-14)4-8-26-12-9-11(15(17,18)19)23-13(24-12)16(20,21)22;/h9-10H,1-8H2;/t10-,14-;/m0./s1. The van der Waals surface area contributed by atoms with E-state index in [1.165, 1.54) is 25.1 Å². The topological polar surface area (TPSA) is 38.2 Å². The van der Waals surface area contributed by atoms with Crippen molar-refractivity contribution in [3.05, 3.63) is 17.6 Å². The number of alkyl halides is 6. The molecule has 151 valence electrons. The van der Waals surface area contributed by atoms with Crippen LogP contribution in [0.25, 0.3) is 0 Å². The van der Waals surface area contributed by atoms with Gasteiger partial charge in [0.25, 0.3) is 0 Å². The first-order valence-electron chi connectivity index (χ1n) is 8.56. The van der Waals surface area contributed by atoms with Crippen molar-refractivity contribution in [3.8, 4) is 5.88 Å². The molecule has 2 atom stereocenters. The fourth-order valence-corrected chi connectivity index (χ4v) is 5.75. The molecule has 4 nitrogen and oxygen atoms in total. The van der Waals surface area contributed by atoms with Crippen molar-refractivity contribution in [1.82, 2.24) is 14.9 Å². The average molecular weight is 591 g/mol. The van der Waals surface area contributed by atoms with E-state index in [0.29, 0.717) is 12.5 Å². The summed E-state index contributed by atoms with van der Waals surface area (Å²) in [6, 6.07) is 0.664. The molecule has 0 spiro atoms. The molecule has 0 unspecified atom stereocenters. The fraction of sp³-hybridized carbons (Fsp3) is 0.750. The third-order valence-corrected chi connectivity index (χ3v) is 7.34. The monoisotopic (exact) mass is 591 g/mol. The van der Waals surface area contributed by atoms with Gasteiger partial charge in [-0.25, -0.2) is 0 Å². The third kappa shape index (κ3) is 4.50. The number of hydrogen-bond donors (Lipinski definition) is 0. The van der Waals surface area contributed by atoms with Crippen LogP contribution in [-0.4, -0.2) is 64.7 Å². The molecule has 0 aromatic carbocycles. The Labute approximate surface area is 167 Å². The summed E-state index contributed by atoms with van der Waals surface area (Å²) in [5.74, 6) is -2.55. The molecule has 0 aliphatic carbocycles. The number of halogens is 6. The van der Waals surface area contributed by atoms with E-state index in [-0.39, 0.29) is 18.2 Å². The van der Waals surface area contributed by atoms with Gasteiger partial charge in [0.2, 0.25) is 0 Å². The molecule has 2 fully saturated rings. The van der Waals surface area contributed by atoms with Gasteiger partial charge in [-0.05, 0) is 0 Å². The van der Waals surface area contributed by atoms with Gasteiger partial charge in [0.1, 0.15) is 0 Å². The summed E-state index contributed by atoms with van der Waals surface area (Å²) in [5, 5.41) is 0. The Kier molecular flexibility index (Phi) is 5.94. The van der Waals surface area contributed by atoms with Crippen molar-refractivity contribution in [2.45, 2.75) is 60.1 Å². The van der Waals surface area contributed by atoms with E-state index in [1.807, 2.05) is 0 Å². The summed E-state index contributed by atoms with van der Waals surface area (Å²) in [4.78, 5) is 8.14. The summed E-state index contributed by atoms with van der Waals surface area (Å²) in [7, 11) is 0. The fourth-order valence-electron chi connectivity index (χ4n) is 3.99. The number of fused-ring (bicyclic) bond motifs is 1. The van der Waals surface area contributed by atoms with Gasteiger partial charge in [0, 0.05) is 0 Å². The summed E-state index contributed by atoms with van der Waals surface area (Å²) in [6.07, 6.45) is -5.20. The minimum absolute atomic E-state index is 0.0133. The normalized spacial score (nSPS) is 26.4. The van der Waals surface area contributed by atoms with Gasteiger partial charge < -0.3 is 0 Å². The molecule has 2 saturated heterocycles. The molecule has 1 aromatic heterocycles. The molecule has 3 rings (SSSR count). The zero-order valence-corrected chi connectivity index (χ0v) is 17.4. The van der Waals surface area contributed by atoms with E-state index in [2.05, 4.69) is 14.9 Å². The van der Waals surface area contributed by atoms with Crippen LogP contribution < -0.4 is 4.74 Å². The number of ether oxygens (including phenoxy) is 1. The number of hydrogen-bond acceptors (Lipinski definition) is 4. The Morgan fingerprint density at radius 3 is 2.52 bits per heavy atom. The SMILES string of the molecule is FC(F)(F)c1cc(OCC[C@@H]2CC[C@]3([CH2][Po])CCCN23)nc(C(F)(F)F)n1. The molecule has 27 heavy (non-hydrogen) atoms. The van der Waals surface area contributed by atoms with Gasteiger partial charge in [0.15, 0.2) is 0 Å². The van der Waals surface area contributed by atoms with Crippen molar-refractivity contribution in [2.24, 2.45) is 0 Å².